The van der Waals surface area contributed by atoms with Gasteiger partial charge in [-0.05, 0) is 48.6 Å². The van der Waals surface area contributed by atoms with Gasteiger partial charge in [-0.25, -0.2) is 0 Å². The summed E-state index contributed by atoms with van der Waals surface area (Å²) >= 11 is 0. The molecule has 0 fully saturated rings. The lowest BCUT2D eigenvalue weighted by Crippen LogP contribution is -2.02. The Morgan fingerprint density at radius 3 is 2.47 bits per heavy atom. The minimum absolute atomic E-state index is 0.714. The number of hydrogen-bond donors (Lipinski definition) is 1. The van der Waals surface area contributed by atoms with Gasteiger partial charge in [0, 0.05) is 0 Å². The fourth-order valence-corrected chi connectivity index (χ4v) is 2.26. The van der Waals surface area contributed by atoms with Gasteiger partial charge in [0.25, 0.3) is 0 Å². The molecule has 0 heterocycles. The Bertz CT molecular complexity index is 508. The van der Waals surface area contributed by atoms with E-state index in [0.29, 0.717) is 6.54 Å². The molecule has 2 rings (SSSR count). The van der Waals surface area contributed by atoms with Crippen molar-refractivity contribution < 1.29 is 4.74 Å². The van der Waals surface area contributed by atoms with Gasteiger partial charge in [-0.3, -0.25) is 0 Å². The summed E-state index contributed by atoms with van der Waals surface area (Å²) < 4.78 is 5.41. The number of nitrogens with two attached hydrogens (primary N) is 1. The summed E-state index contributed by atoms with van der Waals surface area (Å²) in [5.41, 5.74) is 9.49. The third-order valence-corrected chi connectivity index (χ3v) is 3.25. The molecule has 0 saturated carbocycles. The minimum atomic E-state index is 0.714. The van der Waals surface area contributed by atoms with Crippen molar-refractivity contribution in [3.05, 3.63) is 65.2 Å². The van der Waals surface area contributed by atoms with E-state index in [1.54, 1.807) is 7.11 Å². The van der Waals surface area contributed by atoms with Crippen molar-refractivity contribution in [1.82, 2.24) is 0 Å². The minimum Gasteiger partial charge on any atom is -0.496 e. The zero-order valence-electron chi connectivity index (χ0n) is 11.4. The third-order valence-electron chi connectivity index (χ3n) is 3.25. The summed E-state index contributed by atoms with van der Waals surface area (Å²) in [6.07, 6.45) is 2.92. The highest BCUT2D eigenvalue weighted by atomic mass is 16.5. The molecule has 0 bridgehead atoms. The second kappa shape index (κ2) is 6.95. The normalized spacial score (nSPS) is 10.4. The van der Waals surface area contributed by atoms with Crippen LogP contribution < -0.4 is 10.5 Å². The van der Waals surface area contributed by atoms with E-state index in [9.17, 15) is 0 Å². The van der Waals surface area contributed by atoms with E-state index in [4.69, 9.17) is 10.5 Å². The number of aryl methyl sites for hydroxylation is 1. The molecule has 0 aliphatic heterocycles. The Labute approximate surface area is 115 Å². The van der Waals surface area contributed by atoms with E-state index in [0.717, 1.165) is 25.0 Å². The molecule has 19 heavy (non-hydrogen) atoms. The molecule has 2 heteroatoms. The molecule has 2 N–H and O–H groups in total. The van der Waals surface area contributed by atoms with E-state index in [-0.39, 0.29) is 0 Å². The van der Waals surface area contributed by atoms with Gasteiger partial charge in [-0.15, -0.1) is 0 Å². The molecule has 0 amide bonds. The van der Waals surface area contributed by atoms with E-state index in [2.05, 4.69) is 42.5 Å². The Balaban J connectivity index is 2.17. The second-order valence-electron chi connectivity index (χ2n) is 4.70. The Hall–Kier alpha value is -1.80. The molecule has 0 unspecified atom stereocenters. The molecule has 2 aromatic carbocycles. The smallest absolute Gasteiger partial charge is 0.122 e. The molecular weight excluding hydrogens is 234 g/mol. The van der Waals surface area contributed by atoms with Crippen LogP contribution in [0.3, 0.4) is 0 Å². The summed E-state index contributed by atoms with van der Waals surface area (Å²) in [4.78, 5) is 0. The number of benzene rings is 2. The van der Waals surface area contributed by atoms with Crippen LogP contribution in [0.4, 0.5) is 0 Å². The van der Waals surface area contributed by atoms with Crippen molar-refractivity contribution >= 4 is 0 Å². The third kappa shape index (κ3) is 3.83. The van der Waals surface area contributed by atoms with Crippen molar-refractivity contribution in [2.75, 3.05) is 13.7 Å². The maximum Gasteiger partial charge on any atom is 0.122 e. The number of ether oxygens (including phenoxy) is 1. The van der Waals surface area contributed by atoms with Gasteiger partial charge in [0.2, 0.25) is 0 Å². The Morgan fingerprint density at radius 1 is 1.00 bits per heavy atom. The molecule has 0 atom stereocenters. The zero-order valence-corrected chi connectivity index (χ0v) is 11.4. The largest absolute Gasteiger partial charge is 0.496 e. The lowest BCUT2D eigenvalue weighted by Gasteiger charge is -2.10. The first-order chi connectivity index (χ1) is 9.33. The van der Waals surface area contributed by atoms with Gasteiger partial charge in [-0.1, -0.05) is 42.5 Å². The van der Waals surface area contributed by atoms with E-state index < -0.39 is 0 Å². The average molecular weight is 255 g/mol. The predicted octanol–water partition coefficient (Wildman–Crippen LogP) is 3.18. The molecule has 0 spiro atoms. The van der Waals surface area contributed by atoms with Crippen LogP contribution >= 0.6 is 0 Å². The van der Waals surface area contributed by atoms with E-state index in [1.807, 2.05) is 6.07 Å². The molecular formula is C17H21NO. The SMILES string of the molecule is COc1ccc(Cc2ccccc2)cc1CCCN. The molecule has 0 aliphatic carbocycles. The monoisotopic (exact) mass is 255 g/mol. The van der Waals surface area contributed by atoms with Crippen LogP contribution in [-0.4, -0.2) is 13.7 Å². The number of methoxy groups -OCH3 is 1. The summed E-state index contributed by atoms with van der Waals surface area (Å²) in [6, 6.07) is 16.9. The van der Waals surface area contributed by atoms with Crippen LogP contribution in [0, 0.1) is 0 Å². The fraction of sp³-hybridized carbons (Fsp3) is 0.294. The first kappa shape index (κ1) is 13.6. The highest BCUT2D eigenvalue weighted by Gasteiger charge is 2.05. The first-order valence-electron chi connectivity index (χ1n) is 6.73. The fourth-order valence-electron chi connectivity index (χ4n) is 2.26. The Kier molecular flexibility index (Phi) is 4.99. The topological polar surface area (TPSA) is 35.2 Å². The molecule has 0 radical (unpaired) electrons. The van der Waals surface area contributed by atoms with Gasteiger partial charge in [0.05, 0.1) is 7.11 Å². The molecule has 2 aromatic rings. The molecule has 0 aliphatic rings. The zero-order chi connectivity index (χ0) is 13.5. The van der Waals surface area contributed by atoms with Crippen LogP contribution in [0.1, 0.15) is 23.1 Å². The quantitative estimate of drug-likeness (QED) is 0.860. The van der Waals surface area contributed by atoms with Crippen LogP contribution in [-0.2, 0) is 12.8 Å². The van der Waals surface area contributed by atoms with Crippen molar-refractivity contribution in [3.63, 3.8) is 0 Å². The van der Waals surface area contributed by atoms with Crippen molar-refractivity contribution in [3.8, 4) is 5.75 Å². The number of rotatable bonds is 6. The van der Waals surface area contributed by atoms with E-state index in [1.165, 1.54) is 16.7 Å². The maximum atomic E-state index is 5.59. The van der Waals surface area contributed by atoms with E-state index >= 15 is 0 Å². The lowest BCUT2D eigenvalue weighted by molar-refractivity contribution is 0.409. The van der Waals surface area contributed by atoms with Gasteiger partial charge >= 0.3 is 0 Å². The highest BCUT2D eigenvalue weighted by molar-refractivity contribution is 5.39. The summed E-state index contributed by atoms with van der Waals surface area (Å²) in [6.45, 7) is 0.714. The van der Waals surface area contributed by atoms with Crippen molar-refractivity contribution in [2.45, 2.75) is 19.3 Å². The summed E-state index contributed by atoms with van der Waals surface area (Å²) in [5.74, 6) is 0.963. The molecule has 2 nitrogen and oxygen atoms in total. The van der Waals surface area contributed by atoms with Gasteiger partial charge in [0.1, 0.15) is 5.75 Å². The molecule has 0 aromatic heterocycles. The Morgan fingerprint density at radius 2 is 1.79 bits per heavy atom. The van der Waals surface area contributed by atoms with Crippen molar-refractivity contribution in [2.24, 2.45) is 5.73 Å². The van der Waals surface area contributed by atoms with Gasteiger partial charge in [0.15, 0.2) is 0 Å². The molecule has 100 valence electrons. The lowest BCUT2D eigenvalue weighted by atomic mass is 10.00. The standard InChI is InChI=1S/C17H21NO/c1-19-17-10-9-15(13-16(17)8-5-11-18)12-14-6-3-2-4-7-14/h2-4,6-7,9-10,13H,5,8,11-12,18H2,1H3. The summed E-state index contributed by atoms with van der Waals surface area (Å²) in [5, 5.41) is 0. The molecule has 0 saturated heterocycles. The second-order valence-corrected chi connectivity index (χ2v) is 4.70. The van der Waals surface area contributed by atoms with Gasteiger partial charge in [-0.2, -0.15) is 0 Å². The van der Waals surface area contributed by atoms with Gasteiger partial charge < -0.3 is 10.5 Å². The van der Waals surface area contributed by atoms with Crippen LogP contribution in [0.25, 0.3) is 0 Å². The van der Waals surface area contributed by atoms with Crippen LogP contribution in [0.2, 0.25) is 0 Å². The highest BCUT2D eigenvalue weighted by Crippen LogP contribution is 2.22. The van der Waals surface area contributed by atoms with Crippen molar-refractivity contribution in [1.29, 1.82) is 0 Å². The average Bonchev–Trinajstić information content (AvgIpc) is 2.46. The predicted molar refractivity (Wildman–Crippen MR) is 79.6 cm³/mol. The summed E-state index contributed by atoms with van der Waals surface area (Å²) in [7, 11) is 1.72. The van der Waals surface area contributed by atoms with Crippen LogP contribution in [0.5, 0.6) is 5.75 Å². The van der Waals surface area contributed by atoms with Crippen LogP contribution in [0.15, 0.2) is 48.5 Å². The first-order valence-corrected chi connectivity index (χ1v) is 6.73. The number of hydrogen-bond acceptors (Lipinski definition) is 2. The maximum absolute atomic E-state index is 5.59.